The van der Waals surface area contributed by atoms with Gasteiger partial charge in [0.1, 0.15) is 5.75 Å². The number of carbonyl (C=O) groups is 1. The Balaban J connectivity index is 1.71. The van der Waals surface area contributed by atoms with Crippen LogP contribution in [0.5, 0.6) is 5.75 Å². The first-order chi connectivity index (χ1) is 11.6. The summed E-state index contributed by atoms with van der Waals surface area (Å²) in [6, 6.07) is 17.4. The lowest BCUT2D eigenvalue weighted by Crippen LogP contribution is -2.31. The monoisotopic (exact) mass is 326 g/mol. The minimum absolute atomic E-state index is 0.0576. The first-order valence-electron chi connectivity index (χ1n) is 8.31. The van der Waals surface area contributed by atoms with Crippen LogP contribution in [0.2, 0.25) is 0 Å². The number of benzene rings is 2. The maximum atomic E-state index is 12.3. The number of para-hydroxylation sites is 1. The van der Waals surface area contributed by atoms with Gasteiger partial charge in [0.25, 0.3) is 0 Å². The Morgan fingerprint density at radius 3 is 2.50 bits per heavy atom. The summed E-state index contributed by atoms with van der Waals surface area (Å²) in [5, 5.41) is 0. The van der Waals surface area contributed by atoms with Crippen molar-refractivity contribution in [3.05, 3.63) is 65.7 Å². The molecule has 2 aromatic rings. The molecule has 0 saturated heterocycles. The second-order valence-corrected chi connectivity index (χ2v) is 6.00. The Bertz CT molecular complexity index is 643. The molecule has 0 fully saturated rings. The van der Waals surface area contributed by atoms with Gasteiger partial charge in [-0.15, -0.1) is 0 Å². The summed E-state index contributed by atoms with van der Waals surface area (Å²) in [4.78, 5) is 14.0. The molecular weight excluding hydrogens is 300 g/mol. The number of carbonyl (C=O) groups excluding carboxylic acids is 1. The van der Waals surface area contributed by atoms with Crippen molar-refractivity contribution in [3.63, 3.8) is 0 Å². The van der Waals surface area contributed by atoms with Crippen LogP contribution in [0.3, 0.4) is 0 Å². The van der Waals surface area contributed by atoms with Crippen molar-refractivity contribution in [1.29, 1.82) is 0 Å². The van der Waals surface area contributed by atoms with Crippen LogP contribution in [-0.2, 0) is 4.79 Å². The van der Waals surface area contributed by atoms with Crippen molar-refractivity contribution >= 4 is 5.91 Å². The van der Waals surface area contributed by atoms with Gasteiger partial charge in [-0.25, -0.2) is 0 Å². The number of nitrogens with two attached hydrogens (primary N) is 1. The van der Waals surface area contributed by atoms with Crippen LogP contribution in [0.4, 0.5) is 0 Å². The number of ether oxygens (including phenoxy) is 1. The third-order valence-corrected chi connectivity index (χ3v) is 4.04. The maximum Gasteiger partial charge on any atom is 0.224 e. The van der Waals surface area contributed by atoms with Crippen LogP contribution < -0.4 is 10.5 Å². The molecule has 1 unspecified atom stereocenters. The number of hydrogen-bond acceptors (Lipinski definition) is 3. The topological polar surface area (TPSA) is 55.6 Å². The molecule has 0 aliphatic carbocycles. The van der Waals surface area contributed by atoms with Gasteiger partial charge in [0.15, 0.2) is 0 Å². The van der Waals surface area contributed by atoms with Crippen LogP contribution >= 0.6 is 0 Å². The van der Waals surface area contributed by atoms with Gasteiger partial charge in [-0.3, -0.25) is 4.79 Å². The molecule has 128 valence electrons. The van der Waals surface area contributed by atoms with Crippen molar-refractivity contribution < 1.29 is 9.53 Å². The van der Waals surface area contributed by atoms with Crippen molar-refractivity contribution in [2.24, 2.45) is 5.73 Å². The lowest BCUT2D eigenvalue weighted by atomic mass is 10.0. The summed E-state index contributed by atoms with van der Waals surface area (Å²) in [6.07, 6.45) is 1.11. The standard InChI is InChI=1S/C20H26N2O2/c1-16-9-6-7-12-19(16)24-14-8-13-22(2)20(23)15-18(21)17-10-4-3-5-11-17/h3-7,9-12,18H,8,13-15,21H2,1-2H3. The fourth-order valence-electron chi connectivity index (χ4n) is 2.49. The molecule has 0 aliphatic heterocycles. The van der Waals surface area contributed by atoms with Crippen molar-refractivity contribution in [2.45, 2.75) is 25.8 Å². The number of nitrogens with zero attached hydrogens (tertiary/aromatic N) is 1. The Kier molecular flexibility index (Phi) is 6.82. The first-order valence-corrected chi connectivity index (χ1v) is 8.31. The summed E-state index contributed by atoms with van der Waals surface area (Å²) in [5.41, 5.74) is 8.22. The largest absolute Gasteiger partial charge is 0.493 e. The van der Waals surface area contributed by atoms with Crippen molar-refractivity contribution in [3.8, 4) is 5.75 Å². The van der Waals surface area contributed by atoms with Gasteiger partial charge in [-0.2, -0.15) is 0 Å². The molecule has 0 aromatic heterocycles. The lowest BCUT2D eigenvalue weighted by molar-refractivity contribution is -0.130. The normalized spacial score (nSPS) is 11.8. The highest BCUT2D eigenvalue weighted by molar-refractivity contribution is 5.76. The number of hydrogen-bond donors (Lipinski definition) is 1. The van der Waals surface area contributed by atoms with E-state index in [-0.39, 0.29) is 11.9 Å². The van der Waals surface area contributed by atoms with Crippen molar-refractivity contribution in [1.82, 2.24) is 4.90 Å². The van der Waals surface area contributed by atoms with Crippen molar-refractivity contribution in [2.75, 3.05) is 20.2 Å². The molecule has 4 heteroatoms. The van der Waals surface area contributed by atoms with E-state index < -0.39 is 0 Å². The highest BCUT2D eigenvalue weighted by Crippen LogP contribution is 2.17. The Morgan fingerprint density at radius 1 is 1.12 bits per heavy atom. The van der Waals surface area contributed by atoms with Crippen LogP contribution in [0.25, 0.3) is 0 Å². The molecule has 0 aliphatic rings. The van der Waals surface area contributed by atoms with E-state index in [4.69, 9.17) is 10.5 Å². The van der Waals surface area contributed by atoms with E-state index in [1.165, 1.54) is 0 Å². The molecule has 1 atom stereocenters. The van der Waals surface area contributed by atoms with Gasteiger partial charge >= 0.3 is 0 Å². The molecule has 2 N–H and O–H groups in total. The van der Waals surface area contributed by atoms with Gasteiger partial charge in [0.05, 0.1) is 6.61 Å². The SMILES string of the molecule is Cc1ccccc1OCCCN(C)C(=O)CC(N)c1ccccc1. The summed E-state index contributed by atoms with van der Waals surface area (Å²) in [7, 11) is 1.81. The summed E-state index contributed by atoms with van der Waals surface area (Å²) in [6.45, 7) is 3.27. The number of amides is 1. The third kappa shape index (κ3) is 5.39. The molecule has 24 heavy (non-hydrogen) atoms. The second-order valence-electron chi connectivity index (χ2n) is 6.00. The van der Waals surface area contributed by atoms with E-state index in [0.29, 0.717) is 19.6 Å². The van der Waals surface area contributed by atoms with Crippen LogP contribution in [0.1, 0.15) is 30.0 Å². The molecule has 0 heterocycles. The van der Waals surface area contributed by atoms with Gasteiger partial charge in [0.2, 0.25) is 5.91 Å². The van der Waals surface area contributed by atoms with Gasteiger partial charge < -0.3 is 15.4 Å². The van der Waals surface area contributed by atoms with E-state index in [9.17, 15) is 4.79 Å². The Hall–Kier alpha value is -2.33. The van der Waals surface area contributed by atoms with E-state index in [1.54, 1.807) is 4.90 Å². The molecular formula is C20H26N2O2. The lowest BCUT2D eigenvalue weighted by Gasteiger charge is -2.20. The van der Waals surface area contributed by atoms with Gasteiger partial charge in [-0.05, 0) is 30.5 Å². The third-order valence-electron chi connectivity index (χ3n) is 4.04. The average Bonchev–Trinajstić information content (AvgIpc) is 2.60. The smallest absolute Gasteiger partial charge is 0.224 e. The molecule has 0 saturated carbocycles. The zero-order valence-electron chi connectivity index (χ0n) is 14.4. The molecule has 2 rings (SSSR count). The van der Waals surface area contributed by atoms with E-state index in [1.807, 2.05) is 68.6 Å². The molecule has 0 spiro atoms. The fourth-order valence-corrected chi connectivity index (χ4v) is 2.49. The predicted molar refractivity (Wildman–Crippen MR) is 96.9 cm³/mol. The summed E-state index contributed by atoms with van der Waals surface area (Å²) < 4.78 is 5.75. The zero-order valence-corrected chi connectivity index (χ0v) is 14.4. The summed E-state index contributed by atoms with van der Waals surface area (Å²) in [5.74, 6) is 0.958. The highest BCUT2D eigenvalue weighted by Gasteiger charge is 2.14. The molecule has 4 nitrogen and oxygen atoms in total. The van der Waals surface area contributed by atoms with E-state index in [2.05, 4.69) is 0 Å². The van der Waals surface area contributed by atoms with Gasteiger partial charge in [-0.1, -0.05) is 48.5 Å². The minimum Gasteiger partial charge on any atom is -0.493 e. The Labute approximate surface area is 144 Å². The van der Waals surface area contributed by atoms with Crippen LogP contribution in [-0.4, -0.2) is 31.0 Å². The highest BCUT2D eigenvalue weighted by atomic mass is 16.5. The molecule has 2 aromatic carbocycles. The van der Waals surface area contributed by atoms with E-state index in [0.717, 1.165) is 23.3 Å². The quantitative estimate of drug-likeness (QED) is 0.757. The Morgan fingerprint density at radius 2 is 1.79 bits per heavy atom. The second kappa shape index (κ2) is 9.08. The molecule has 1 amide bonds. The fraction of sp³-hybridized carbons (Fsp3) is 0.350. The van der Waals surface area contributed by atoms with Gasteiger partial charge in [0, 0.05) is 26.1 Å². The molecule has 0 radical (unpaired) electrons. The first kappa shape index (κ1) is 18.0. The van der Waals surface area contributed by atoms with Crippen LogP contribution in [0.15, 0.2) is 54.6 Å². The van der Waals surface area contributed by atoms with Crippen LogP contribution in [0, 0.1) is 6.92 Å². The minimum atomic E-state index is -0.260. The average molecular weight is 326 g/mol. The predicted octanol–water partition coefficient (Wildman–Crippen LogP) is 3.31. The maximum absolute atomic E-state index is 12.3. The summed E-state index contributed by atoms with van der Waals surface area (Å²) >= 11 is 0. The molecule has 0 bridgehead atoms. The number of rotatable bonds is 8. The number of aryl methyl sites for hydroxylation is 1. The van der Waals surface area contributed by atoms with E-state index >= 15 is 0 Å². The zero-order chi connectivity index (χ0) is 17.4.